The van der Waals surface area contributed by atoms with Gasteiger partial charge in [-0.3, -0.25) is 0 Å². The van der Waals surface area contributed by atoms with Gasteiger partial charge in [-0.2, -0.15) is 8.42 Å². The molecule has 0 atom stereocenters. The summed E-state index contributed by atoms with van der Waals surface area (Å²) in [5.41, 5.74) is 0. The molecule has 0 radical (unpaired) electrons. The summed E-state index contributed by atoms with van der Waals surface area (Å²) in [5, 5.41) is 0. The quantitative estimate of drug-likeness (QED) is 0.607. The molecule has 0 saturated carbocycles. The Balaban J connectivity index is 3.42. The molecule has 0 saturated heterocycles. The van der Waals surface area contributed by atoms with Crippen molar-refractivity contribution in [3.63, 3.8) is 0 Å². The second kappa shape index (κ2) is 6.56. The van der Waals surface area contributed by atoms with Gasteiger partial charge in [0.25, 0.3) is 9.24 Å². The van der Waals surface area contributed by atoms with Gasteiger partial charge < -0.3 is 9.64 Å². The van der Waals surface area contributed by atoms with Crippen LogP contribution in [0.25, 0.3) is 0 Å². The van der Waals surface area contributed by atoms with Crippen molar-refractivity contribution in [2.24, 2.45) is 0 Å². The Bertz CT molecular complexity index is 220. The standard InChI is InChI=1S/C6H15ClN2O3S/c1-9(5-6-12-2)4-3-8-13(7,10)11/h8H,3-6H2,1-2H3. The third-order valence-electron chi connectivity index (χ3n) is 1.45. The molecule has 80 valence electrons. The summed E-state index contributed by atoms with van der Waals surface area (Å²) in [6.45, 7) is 2.31. The summed E-state index contributed by atoms with van der Waals surface area (Å²) < 4.78 is 27.9. The topological polar surface area (TPSA) is 58.6 Å². The van der Waals surface area contributed by atoms with Crippen LogP contribution < -0.4 is 4.72 Å². The average Bonchev–Trinajstić information content (AvgIpc) is 1.98. The van der Waals surface area contributed by atoms with Crippen molar-refractivity contribution in [2.75, 3.05) is 40.4 Å². The van der Waals surface area contributed by atoms with Gasteiger partial charge in [-0.15, -0.1) is 0 Å². The molecule has 5 nitrogen and oxygen atoms in total. The normalized spacial score (nSPS) is 12.3. The Morgan fingerprint density at radius 3 is 2.54 bits per heavy atom. The van der Waals surface area contributed by atoms with Crippen LogP contribution >= 0.6 is 10.7 Å². The molecule has 1 N–H and O–H groups in total. The Labute approximate surface area is 83.6 Å². The van der Waals surface area contributed by atoms with E-state index in [1.165, 1.54) is 0 Å². The van der Waals surface area contributed by atoms with Crippen LogP contribution in [0.4, 0.5) is 0 Å². The molecule has 0 rings (SSSR count). The van der Waals surface area contributed by atoms with E-state index in [9.17, 15) is 8.42 Å². The lowest BCUT2D eigenvalue weighted by molar-refractivity contribution is 0.162. The maximum Gasteiger partial charge on any atom is 0.297 e. The van der Waals surface area contributed by atoms with Crippen LogP contribution in [0.1, 0.15) is 0 Å². The highest BCUT2D eigenvalue weighted by Crippen LogP contribution is 1.88. The molecule has 0 bridgehead atoms. The highest BCUT2D eigenvalue weighted by molar-refractivity contribution is 8.12. The molecular weight excluding hydrogens is 216 g/mol. The minimum Gasteiger partial charge on any atom is -0.383 e. The van der Waals surface area contributed by atoms with Crippen LogP contribution in [0.15, 0.2) is 0 Å². The van der Waals surface area contributed by atoms with Gasteiger partial charge in [-0.1, -0.05) is 0 Å². The lowest BCUT2D eigenvalue weighted by atomic mass is 10.5. The van der Waals surface area contributed by atoms with Gasteiger partial charge >= 0.3 is 0 Å². The highest BCUT2D eigenvalue weighted by Gasteiger charge is 2.03. The maximum absolute atomic E-state index is 10.4. The van der Waals surface area contributed by atoms with E-state index in [1.807, 2.05) is 11.9 Å². The molecule has 7 heteroatoms. The Morgan fingerprint density at radius 2 is 2.08 bits per heavy atom. The van der Waals surface area contributed by atoms with Gasteiger partial charge in [0.15, 0.2) is 0 Å². The van der Waals surface area contributed by atoms with Gasteiger partial charge in [0.2, 0.25) is 0 Å². The molecule has 0 aromatic heterocycles. The van der Waals surface area contributed by atoms with Crippen LogP contribution in [0.5, 0.6) is 0 Å². The molecule has 0 spiro atoms. The molecule has 0 heterocycles. The minimum absolute atomic E-state index is 0.312. The van der Waals surface area contributed by atoms with Crippen molar-refractivity contribution in [2.45, 2.75) is 0 Å². The summed E-state index contributed by atoms with van der Waals surface area (Å²) in [7, 11) is 4.86. The van der Waals surface area contributed by atoms with E-state index >= 15 is 0 Å². The van der Waals surface area contributed by atoms with Crippen molar-refractivity contribution in [1.29, 1.82) is 0 Å². The number of likely N-dealkylation sites (N-methyl/N-ethyl adjacent to an activating group) is 1. The van der Waals surface area contributed by atoms with Crippen molar-refractivity contribution in [3.05, 3.63) is 0 Å². The smallest absolute Gasteiger partial charge is 0.297 e. The van der Waals surface area contributed by atoms with Crippen LogP contribution in [0.2, 0.25) is 0 Å². The van der Waals surface area contributed by atoms with Crippen LogP contribution in [0, 0.1) is 0 Å². The van der Waals surface area contributed by atoms with E-state index in [4.69, 9.17) is 15.4 Å². The number of halogens is 1. The SMILES string of the molecule is COCCN(C)CCNS(=O)(=O)Cl. The van der Waals surface area contributed by atoms with Gasteiger partial charge in [0, 0.05) is 37.4 Å². The average molecular weight is 231 g/mol. The number of ether oxygens (including phenoxy) is 1. The summed E-state index contributed by atoms with van der Waals surface area (Å²) in [6.07, 6.45) is 0. The predicted octanol–water partition coefficient (Wildman–Crippen LogP) is -0.362. The van der Waals surface area contributed by atoms with E-state index in [1.54, 1.807) is 7.11 Å². The van der Waals surface area contributed by atoms with Crippen molar-refractivity contribution in [3.8, 4) is 0 Å². The molecule has 0 unspecified atom stereocenters. The van der Waals surface area contributed by atoms with E-state index in [2.05, 4.69) is 4.72 Å². The first kappa shape index (κ1) is 13.1. The first-order valence-corrected chi connectivity index (χ1v) is 6.13. The van der Waals surface area contributed by atoms with E-state index in [0.29, 0.717) is 19.7 Å². The molecule has 0 aromatic rings. The zero-order valence-electron chi connectivity index (χ0n) is 7.79. The van der Waals surface area contributed by atoms with Crippen LogP contribution in [0.3, 0.4) is 0 Å². The summed E-state index contributed by atoms with van der Waals surface area (Å²) in [5.74, 6) is 0. The Morgan fingerprint density at radius 1 is 1.46 bits per heavy atom. The summed E-state index contributed by atoms with van der Waals surface area (Å²) in [6, 6.07) is 0. The van der Waals surface area contributed by atoms with Gasteiger partial charge in [-0.25, -0.2) is 4.72 Å². The van der Waals surface area contributed by atoms with Crippen molar-refractivity contribution < 1.29 is 13.2 Å². The second-order valence-electron chi connectivity index (χ2n) is 2.63. The molecule has 0 aromatic carbocycles. The molecule has 13 heavy (non-hydrogen) atoms. The molecular formula is C6H15ClN2O3S. The van der Waals surface area contributed by atoms with E-state index in [-0.39, 0.29) is 0 Å². The van der Waals surface area contributed by atoms with Gasteiger partial charge in [-0.05, 0) is 7.05 Å². The lowest BCUT2D eigenvalue weighted by Crippen LogP contribution is -2.32. The fourth-order valence-corrected chi connectivity index (χ4v) is 1.28. The third-order valence-corrected chi connectivity index (χ3v) is 2.32. The van der Waals surface area contributed by atoms with Crippen LogP contribution in [-0.2, 0) is 14.0 Å². The number of nitrogens with zero attached hydrogens (tertiary/aromatic N) is 1. The monoisotopic (exact) mass is 230 g/mol. The number of rotatable bonds is 7. The minimum atomic E-state index is -3.58. The second-order valence-corrected chi connectivity index (χ2v) is 5.01. The van der Waals surface area contributed by atoms with Gasteiger partial charge in [0.1, 0.15) is 0 Å². The number of nitrogens with one attached hydrogen (secondary N) is 1. The molecule has 0 amide bonds. The van der Waals surface area contributed by atoms with Crippen LogP contribution in [-0.4, -0.2) is 53.7 Å². The Kier molecular flexibility index (Phi) is 6.62. The zero-order chi connectivity index (χ0) is 10.3. The zero-order valence-corrected chi connectivity index (χ0v) is 9.36. The molecule has 0 aliphatic heterocycles. The number of methoxy groups -OCH3 is 1. The predicted molar refractivity (Wildman–Crippen MR) is 52.1 cm³/mol. The lowest BCUT2D eigenvalue weighted by Gasteiger charge is -2.15. The maximum atomic E-state index is 10.4. The summed E-state index contributed by atoms with van der Waals surface area (Å²) >= 11 is 0. The first-order chi connectivity index (χ1) is 5.95. The number of hydrogen-bond acceptors (Lipinski definition) is 4. The molecule has 0 aliphatic rings. The first-order valence-electron chi connectivity index (χ1n) is 3.82. The summed E-state index contributed by atoms with van der Waals surface area (Å²) in [4.78, 5) is 1.94. The van der Waals surface area contributed by atoms with E-state index < -0.39 is 9.24 Å². The highest BCUT2D eigenvalue weighted by atomic mass is 35.7. The molecule has 0 aliphatic carbocycles. The largest absolute Gasteiger partial charge is 0.383 e. The van der Waals surface area contributed by atoms with Crippen molar-refractivity contribution in [1.82, 2.24) is 9.62 Å². The van der Waals surface area contributed by atoms with Crippen molar-refractivity contribution >= 4 is 19.9 Å². The Hall–Kier alpha value is 0.120. The fourth-order valence-electron chi connectivity index (χ4n) is 0.717. The fraction of sp³-hybridized carbons (Fsp3) is 1.00. The van der Waals surface area contributed by atoms with Gasteiger partial charge in [0.05, 0.1) is 6.61 Å². The van der Waals surface area contributed by atoms with E-state index in [0.717, 1.165) is 6.54 Å². The number of hydrogen-bond donors (Lipinski definition) is 1. The molecule has 0 fully saturated rings. The third kappa shape index (κ3) is 10.0.